The van der Waals surface area contributed by atoms with Crippen LogP contribution in [0.25, 0.3) is 0 Å². The summed E-state index contributed by atoms with van der Waals surface area (Å²) in [6.45, 7) is 2.90. The van der Waals surface area contributed by atoms with Crippen LogP contribution in [0.1, 0.15) is 0 Å². The number of nitrogens with zero attached hydrogens (tertiary/aromatic N) is 5. The summed E-state index contributed by atoms with van der Waals surface area (Å²) in [7, 11) is 0. The van der Waals surface area contributed by atoms with Gasteiger partial charge in [-0.2, -0.15) is 0 Å². The number of para-hydroxylation sites is 1. The highest BCUT2D eigenvalue weighted by Gasteiger charge is 2.20. The van der Waals surface area contributed by atoms with Crippen LogP contribution in [0.15, 0.2) is 53.3 Å². The SMILES string of the molecule is O=C(CSc1cc(N2CCN(c3ccccc3F)CC2)ncn1)Nc1nccs1. The van der Waals surface area contributed by atoms with Gasteiger partial charge in [-0.05, 0) is 12.1 Å². The zero-order chi connectivity index (χ0) is 20.1. The van der Waals surface area contributed by atoms with E-state index in [0.29, 0.717) is 23.9 Å². The molecule has 0 aliphatic carbocycles. The van der Waals surface area contributed by atoms with E-state index in [1.165, 1.54) is 35.5 Å². The van der Waals surface area contributed by atoms with E-state index in [1.807, 2.05) is 22.4 Å². The highest BCUT2D eigenvalue weighted by molar-refractivity contribution is 7.99. The van der Waals surface area contributed by atoms with Gasteiger partial charge in [0, 0.05) is 43.8 Å². The molecule has 2 aromatic heterocycles. The van der Waals surface area contributed by atoms with E-state index in [9.17, 15) is 9.18 Å². The van der Waals surface area contributed by atoms with Crippen molar-refractivity contribution in [2.75, 3.05) is 47.0 Å². The lowest BCUT2D eigenvalue weighted by molar-refractivity contribution is -0.113. The Balaban J connectivity index is 1.32. The van der Waals surface area contributed by atoms with E-state index in [-0.39, 0.29) is 17.5 Å². The molecular weight excluding hydrogens is 411 g/mol. The number of carbonyl (C=O) groups excluding carboxylic acids is 1. The number of hydrogen-bond donors (Lipinski definition) is 1. The molecule has 1 saturated heterocycles. The van der Waals surface area contributed by atoms with Gasteiger partial charge in [0.05, 0.1) is 11.4 Å². The maximum atomic E-state index is 14.0. The van der Waals surface area contributed by atoms with Crippen LogP contribution in [-0.4, -0.2) is 52.8 Å². The topological polar surface area (TPSA) is 74.2 Å². The quantitative estimate of drug-likeness (QED) is 0.476. The molecule has 4 rings (SSSR count). The lowest BCUT2D eigenvalue weighted by atomic mass is 10.2. The average molecular weight is 431 g/mol. The summed E-state index contributed by atoms with van der Waals surface area (Å²) in [6, 6.07) is 8.73. The van der Waals surface area contributed by atoms with Crippen LogP contribution in [0.2, 0.25) is 0 Å². The van der Waals surface area contributed by atoms with E-state index in [0.717, 1.165) is 23.9 Å². The minimum atomic E-state index is -0.197. The number of halogens is 1. The highest BCUT2D eigenvalue weighted by Crippen LogP contribution is 2.24. The average Bonchev–Trinajstić information content (AvgIpc) is 3.26. The summed E-state index contributed by atoms with van der Waals surface area (Å²) in [5, 5.41) is 5.89. The second-order valence-electron chi connectivity index (χ2n) is 6.31. The molecule has 0 spiro atoms. The molecule has 1 aromatic carbocycles. The second kappa shape index (κ2) is 9.19. The van der Waals surface area contributed by atoms with Crippen molar-refractivity contribution in [1.29, 1.82) is 0 Å². The first kappa shape index (κ1) is 19.6. The number of piperazine rings is 1. The third-order valence-electron chi connectivity index (χ3n) is 4.45. The van der Waals surface area contributed by atoms with Crippen LogP contribution in [0, 0.1) is 5.82 Å². The Labute approximate surface area is 176 Å². The number of thioether (sulfide) groups is 1. The molecular formula is C19H19FN6OS2. The number of nitrogens with one attached hydrogen (secondary N) is 1. The molecule has 7 nitrogen and oxygen atoms in total. The molecule has 1 amide bonds. The van der Waals surface area contributed by atoms with Gasteiger partial charge < -0.3 is 15.1 Å². The summed E-state index contributed by atoms with van der Waals surface area (Å²) >= 11 is 2.74. The molecule has 0 bridgehead atoms. The van der Waals surface area contributed by atoms with Crippen LogP contribution >= 0.6 is 23.1 Å². The van der Waals surface area contributed by atoms with Gasteiger partial charge >= 0.3 is 0 Å². The number of carbonyl (C=O) groups is 1. The van der Waals surface area contributed by atoms with Crippen molar-refractivity contribution in [2.24, 2.45) is 0 Å². The van der Waals surface area contributed by atoms with E-state index in [2.05, 4.69) is 25.2 Å². The van der Waals surface area contributed by atoms with Gasteiger partial charge in [0.1, 0.15) is 23.0 Å². The van der Waals surface area contributed by atoms with Gasteiger partial charge in [0.15, 0.2) is 5.13 Å². The molecule has 1 aliphatic rings. The smallest absolute Gasteiger partial charge is 0.236 e. The van der Waals surface area contributed by atoms with Gasteiger partial charge in [-0.3, -0.25) is 4.79 Å². The first-order valence-electron chi connectivity index (χ1n) is 9.07. The Hall–Kier alpha value is -2.72. The van der Waals surface area contributed by atoms with Gasteiger partial charge in [0.2, 0.25) is 5.91 Å². The third kappa shape index (κ3) is 5.01. The Bertz CT molecular complexity index is 963. The fraction of sp³-hybridized carbons (Fsp3) is 0.263. The first-order valence-corrected chi connectivity index (χ1v) is 10.9. The monoisotopic (exact) mass is 430 g/mol. The largest absolute Gasteiger partial charge is 0.366 e. The molecule has 150 valence electrons. The predicted molar refractivity (Wildman–Crippen MR) is 114 cm³/mol. The fourth-order valence-electron chi connectivity index (χ4n) is 3.05. The Morgan fingerprint density at radius 2 is 1.93 bits per heavy atom. The zero-order valence-electron chi connectivity index (χ0n) is 15.5. The molecule has 3 aromatic rings. The van der Waals surface area contributed by atoms with Crippen molar-refractivity contribution in [2.45, 2.75) is 5.03 Å². The van der Waals surface area contributed by atoms with Crippen molar-refractivity contribution in [3.63, 3.8) is 0 Å². The molecule has 1 aliphatic heterocycles. The number of rotatable bonds is 6. The summed E-state index contributed by atoms with van der Waals surface area (Å²) in [5.74, 6) is 0.745. The molecule has 1 fully saturated rings. The fourth-order valence-corrected chi connectivity index (χ4v) is 4.25. The van der Waals surface area contributed by atoms with E-state index in [4.69, 9.17) is 0 Å². The molecule has 1 N–H and O–H groups in total. The number of hydrogen-bond acceptors (Lipinski definition) is 8. The predicted octanol–water partition coefficient (Wildman–Crippen LogP) is 3.13. The summed E-state index contributed by atoms with van der Waals surface area (Å²) in [6.07, 6.45) is 3.16. The van der Waals surface area contributed by atoms with E-state index >= 15 is 0 Å². The van der Waals surface area contributed by atoms with E-state index < -0.39 is 0 Å². The number of aromatic nitrogens is 3. The maximum absolute atomic E-state index is 14.0. The van der Waals surface area contributed by atoms with Gasteiger partial charge in [-0.15, -0.1) is 11.3 Å². The van der Waals surface area contributed by atoms with Crippen molar-refractivity contribution < 1.29 is 9.18 Å². The lowest BCUT2D eigenvalue weighted by Gasteiger charge is -2.36. The van der Waals surface area contributed by atoms with Gasteiger partial charge in [0.25, 0.3) is 0 Å². The van der Waals surface area contributed by atoms with Crippen molar-refractivity contribution in [3.05, 3.63) is 54.1 Å². The zero-order valence-corrected chi connectivity index (χ0v) is 17.1. The molecule has 0 saturated carbocycles. The summed E-state index contributed by atoms with van der Waals surface area (Å²) in [5.41, 5.74) is 0.636. The normalized spacial score (nSPS) is 14.1. The van der Waals surface area contributed by atoms with Crippen LogP contribution < -0.4 is 15.1 Å². The second-order valence-corrected chi connectivity index (χ2v) is 8.20. The van der Waals surface area contributed by atoms with Crippen molar-refractivity contribution >= 4 is 45.6 Å². The Kier molecular flexibility index (Phi) is 6.20. The van der Waals surface area contributed by atoms with E-state index in [1.54, 1.807) is 18.3 Å². The van der Waals surface area contributed by atoms with Gasteiger partial charge in [-0.1, -0.05) is 23.9 Å². The maximum Gasteiger partial charge on any atom is 0.236 e. The summed E-state index contributed by atoms with van der Waals surface area (Å²) in [4.78, 5) is 28.9. The molecule has 29 heavy (non-hydrogen) atoms. The third-order valence-corrected chi connectivity index (χ3v) is 6.07. The van der Waals surface area contributed by atoms with Crippen LogP contribution in [0.5, 0.6) is 0 Å². The number of anilines is 3. The Morgan fingerprint density at radius 1 is 1.14 bits per heavy atom. The first-order chi connectivity index (χ1) is 14.2. The standard InChI is InChI=1S/C19H19FN6OS2/c20-14-3-1-2-4-15(14)25-6-8-26(9-7-25)16-11-18(23-13-22-16)29-12-17(27)24-19-21-5-10-28-19/h1-5,10-11,13H,6-9,12H2,(H,21,24,27). The summed E-state index contributed by atoms with van der Waals surface area (Å²) < 4.78 is 14.0. The van der Waals surface area contributed by atoms with Crippen LogP contribution in [-0.2, 0) is 4.79 Å². The van der Waals surface area contributed by atoms with Gasteiger partial charge in [-0.25, -0.2) is 19.3 Å². The minimum absolute atomic E-state index is 0.122. The number of thiazole rings is 1. The molecule has 0 atom stereocenters. The number of benzene rings is 1. The molecule has 0 unspecified atom stereocenters. The lowest BCUT2D eigenvalue weighted by Crippen LogP contribution is -2.47. The molecule has 0 radical (unpaired) electrons. The number of amides is 1. The van der Waals surface area contributed by atoms with Crippen LogP contribution in [0.4, 0.5) is 21.0 Å². The van der Waals surface area contributed by atoms with Crippen LogP contribution in [0.3, 0.4) is 0 Å². The van der Waals surface area contributed by atoms with Crippen molar-refractivity contribution in [1.82, 2.24) is 15.0 Å². The minimum Gasteiger partial charge on any atom is -0.366 e. The molecule has 3 heterocycles. The van der Waals surface area contributed by atoms with Crippen molar-refractivity contribution in [3.8, 4) is 0 Å². The highest BCUT2D eigenvalue weighted by atomic mass is 32.2. The molecule has 10 heteroatoms. The Morgan fingerprint density at radius 3 is 2.69 bits per heavy atom.